The first-order valence-corrected chi connectivity index (χ1v) is 8.01. The fourth-order valence-electron chi connectivity index (χ4n) is 1.88. The Balaban J connectivity index is 2.45. The van der Waals surface area contributed by atoms with E-state index in [1.54, 1.807) is 0 Å². The summed E-state index contributed by atoms with van der Waals surface area (Å²) < 4.78 is 24.2. The van der Waals surface area contributed by atoms with Crippen molar-refractivity contribution in [2.75, 3.05) is 19.3 Å². The van der Waals surface area contributed by atoms with Crippen LogP contribution in [0.2, 0.25) is 0 Å². The smallest absolute Gasteiger partial charge is 0.208 e. The summed E-state index contributed by atoms with van der Waals surface area (Å²) in [6, 6.07) is 0. The molecule has 5 nitrogen and oxygen atoms in total. The molecule has 0 bridgehead atoms. The van der Waals surface area contributed by atoms with Crippen molar-refractivity contribution in [2.24, 2.45) is 11.1 Å². The molecule has 6 heteroatoms. The van der Waals surface area contributed by atoms with Gasteiger partial charge in [0.05, 0.1) is 6.26 Å². The van der Waals surface area contributed by atoms with Gasteiger partial charge in [0.15, 0.2) is 0 Å². The molecule has 0 aromatic carbocycles. The van der Waals surface area contributed by atoms with Gasteiger partial charge >= 0.3 is 0 Å². The zero-order valence-electron chi connectivity index (χ0n) is 11.3. The van der Waals surface area contributed by atoms with Gasteiger partial charge in [-0.05, 0) is 25.0 Å². The molecule has 0 amide bonds. The number of nitrogens with one attached hydrogen (secondary N) is 2. The molecular formula is C12H23N3O2S. The molecule has 0 saturated heterocycles. The maximum absolute atomic E-state index is 10.9. The fourth-order valence-corrected chi connectivity index (χ4v) is 2.36. The molecule has 0 radical (unpaired) electrons. The minimum absolute atomic E-state index is 0.00133. The van der Waals surface area contributed by atoms with E-state index in [-0.39, 0.29) is 5.41 Å². The van der Waals surface area contributed by atoms with E-state index >= 15 is 0 Å². The Hall–Kier alpha value is -1.01. The van der Waals surface area contributed by atoms with Gasteiger partial charge in [-0.3, -0.25) is 0 Å². The van der Waals surface area contributed by atoms with E-state index in [2.05, 4.69) is 23.9 Å². The van der Waals surface area contributed by atoms with Crippen LogP contribution in [-0.4, -0.2) is 27.8 Å². The third-order valence-electron chi connectivity index (χ3n) is 3.36. The van der Waals surface area contributed by atoms with Crippen LogP contribution in [0, 0.1) is 5.41 Å². The zero-order valence-corrected chi connectivity index (χ0v) is 12.1. The van der Waals surface area contributed by atoms with Crippen LogP contribution in [-0.2, 0) is 10.0 Å². The van der Waals surface area contributed by atoms with Crippen molar-refractivity contribution in [1.82, 2.24) is 10.0 Å². The van der Waals surface area contributed by atoms with Gasteiger partial charge in [-0.25, -0.2) is 13.1 Å². The van der Waals surface area contributed by atoms with Gasteiger partial charge in [-0.1, -0.05) is 13.8 Å². The number of hydrogen-bond donors (Lipinski definition) is 3. The van der Waals surface area contributed by atoms with Crippen LogP contribution in [0.4, 0.5) is 0 Å². The third kappa shape index (κ3) is 4.34. The van der Waals surface area contributed by atoms with Crippen LogP contribution in [0.3, 0.4) is 0 Å². The standard InChI is InChI=1S/C12H23N3O2S/c1-4-12(2)9-10(5-6-11(12)13)14-7-8-15-18(3,16)17/h5-6,14-15H,4,7-9,13H2,1-3H3. The van der Waals surface area contributed by atoms with Crippen LogP contribution >= 0.6 is 0 Å². The number of sulfonamides is 1. The Morgan fingerprint density at radius 3 is 2.61 bits per heavy atom. The van der Waals surface area contributed by atoms with Crippen molar-refractivity contribution >= 4 is 10.0 Å². The lowest BCUT2D eigenvalue weighted by Crippen LogP contribution is -2.34. The average Bonchev–Trinajstić information content (AvgIpc) is 2.28. The van der Waals surface area contributed by atoms with Gasteiger partial charge in [-0.15, -0.1) is 0 Å². The molecule has 1 unspecified atom stereocenters. The minimum atomic E-state index is -3.10. The quantitative estimate of drug-likeness (QED) is 0.621. The van der Waals surface area contributed by atoms with E-state index in [4.69, 9.17) is 5.73 Å². The highest BCUT2D eigenvalue weighted by molar-refractivity contribution is 7.88. The van der Waals surface area contributed by atoms with Gasteiger partial charge < -0.3 is 11.1 Å². The molecule has 1 aliphatic rings. The lowest BCUT2D eigenvalue weighted by molar-refractivity contribution is 0.360. The highest BCUT2D eigenvalue weighted by Gasteiger charge is 2.28. The minimum Gasteiger partial charge on any atom is -0.402 e. The van der Waals surface area contributed by atoms with Gasteiger partial charge in [0.25, 0.3) is 0 Å². The normalized spacial score (nSPS) is 24.4. The summed E-state index contributed by atoms with van der Waals surface area (Å²) in [7, 11) is -3.10. The topological polar surface area (TPSA) is 84.2 Å². The summed E-state index contributed by atoms with van der Waals surface area (Å²) in [4.78, 5) is 0. The maximum Gasteiger partial charge on any atom is 0.208 e. The second-order valence-electron chi connectivity index (χ2n) is 5.00. The summed E-state index contributed by atoms with van der Waals surface area (Å²) in [5.74, 6) is 0. The van der Waals surface area contributed by atoms with Crippen molar-refractivity contribution in [3.63, 3.8) is 0 Å². The highest BCUT2D eigenvalue weighted by atomic mass is 32.2. The fraction of sp³-hybridized carbons (Fsp3) is 0.667. The number of nitrogens with two attached hydrogens (primary N) is 1. The molecule has 18 heavy (non-hydrogen) atoms. The van der Waals surface area contributed by atoms with Crippen molar-refractivity contribution in [2.45, 2.75) is 26.7 Å². The molecule has 0 fully saturated rings. The molecule has 0 aliphatic heterocycles. The predicted octanol–water partition coefficient (Wildman–Crippen LogP) is 0.672. The molecule has 0 aromatic heterocycles. The first kappa shape index (κ1) is 15.0. The van der Waals surface area contributed by atoms with E-state index in [9.17, 15) is 8.42 Å². The first-order valence-electron chi connectivity index (χ1n) is 6.12. The number of allylic oxidation sites excluding steroid dienone is 4. The zero-order chi connectivity index (χ0) is 13.8. The molecular weight excluding hydrogens is 250 g/mol. The van der Waals surface area contributed by atoms with Gasteiger partial charge in [0, 0.05) is 29.9 Å². The van der Waals surface area contributed by atoms with Crippen LogP contribution in [0.1, 0.15) is 26.7 Å². The summed E-state index contributed by atoms with van der Waals surface area (Å²) >= 11 is 0. The summed E-state index contributed by atoms with van der Waals surface area (Å²) in [5.41, 5.74) is 8.00. The average molecular weight is 273 g/mol. The number of hydrogen-bond acceptors (Lipinski definition) is 4. The molecule has 0 aromatic rings. The van der Waals surface area contributed by atoms with E-state index < -0.39 is 10.0 Å². The third-order valence-corrected chi connectivity index (χ3v) is 4.09. The van der Waals surface area contributed by atoms with Gasteiger partial charge in [0.2, 0.25) is 10.0 Å². The molecule has 0 heterocycles. The highest BCUT2D eigenvalue weighted by Crippen LogP contribution is 2.36. The molecule has 1 aliphatic carbocycles. The van der Waals surface area contributed by atoms with Gasteiger partial charge in [0.1, 0.15) is 0 Å². The van der Waals surface area contributed by atoms with E-state index in [0.717, 1.165) is 30.5 Å². The maximum atomic E-state index is 10.9. The Kier molecular flexibility index (Phi) is 4.81. The van der Waals surface area contributed by atoms with Gasteiger partial charge in [-0.2, -0.15) is 0 Å². The second-order valence-corrected chi connectivity index (χ2v) is 6.83. The number of rotatable bonds is 6. The molecule has 0 saturated carbocycles. The Labute approximate surface area is 110 Å². The lowest BCUT2D eigenvalue weighted by atomic mass is 9.77. The molecule has 104 valence electrons. The second kappa shape index (κ2) is 5.75. The summed E-state index contributed by atoms with van der Waals surface area (Å²) in [5, 5.41) is 3.24. The van der Waals surface area contributed by atoms with Crippen LogP contribution < -0.4 is 15.8 Å². The monoisotopic (exact) mass is 273 g/mol. The Morgan fingerprint density at radius 2 is 2.06 bits per heavy atom. The Bertz CT molecular complexity index is 454. The van der Waals surface area contributed by atoms with Crippen molar-refractivity contribution in [3.8, 4) is 0 Å². The SMILES string of the molecule is CCC1(C)CC(NCCNS(C)(=O)=O)=CC=C1N. The molecule has 1 rings (SSSR count). The predicted molar refractivity (Wildman–Crippen MR) is 74.2 cm³/mol. The first-order chi connectivity index (χ1) is 8.27. The van der Waals surface area contributed by atoms with Crippen molar-refractivity contribution in [3.05, 3.63) is 23.5 Å². The van der Waals surface area contributed by atoms with Crippen molar-refractivity contribution in [1.29, 1.82) is 0 Å². The molecule has 0 spiro atoms. The van der Waals surface area contributed by atoms with E-state index in [0.29, 0.717) is 13.1 Å². The van der Waals surface area contributed by atoms with E-state index in [1.807, 2.05) is 12.2 Å². The lowest BCUT2D eigenvalue weighted by Gasteiger charge is -2.33. The van der Waals surface area contributed by atoms with Crippen molar-refractivity contribution < 1.29 is 8.42 Å². The summed E-state index contributed by atoms with van der Waals surface area (Å²) in [6.45, 7) is 5.22. The van der Waals surface area contributed by atoms with Crippen LogP contribution in [0.25, 0.3) is 0 Å². The van der Waals surface area contributed by atoms with Crippen LogP contribution in [0.15, 0.2) is 23.5 Å². The summed E-state index contributed by atoms with van der Waals surface area (Å²) in [6.07, 6.45) is 6.90. The Morgan fingerprint density at radius 1 is 1.39 bits per heavy atom. The molecule has 1 atom stereocenters. The largest absolute Gasteiger partial charge is 0.402 e. The molecule has 4 N–H and O–H groups in total. The van der Waals surface area contributed by atoms with Crippen LogP contribution in [0.5, 0.6) is 0 Å². The van der Waals surface area contributed by atoms with E-state index in [1.165, 1.54) is 0 Å².